The SMILES string of the molecule is CC.CC.CC.Cc1cc(C)c2ccccc2c1. The average Bonchev–Trinajstić information content (AvgIpc) is 2.45. The Hall–Kier alpha value is -1.30. The summed E-state index contributed by atoms with van der Waals surface area (Å²) in [4.78, 5) is 0. The third-order valence-corrected chi connectivity index (χ3v) is 2.21. The topological polar surface area (TPSA) is 0 Å². The molecule has 0 aliphatic carbocycles. The highest BCUT2D eigenvalue weighted by Crippen LogP contribution is 2.19. The molecule has 102 valence electrons. The van der Waals surface area contributed by atoms with E-state index in [0.717, 1.165) is 0 Å². The van der Waals surface area contributed by atoms with Crippen LogP contribution < -0.4 is 0 Å². The van der Waals surface area contributed by atoms with E-state index in [-0.39, 0.29) is 0 Å². The Bertz CT molecular complexity index is 413. The van der Waals surface area contributed by atoms with Gasteiger partial charge in [0.15, 0.2) is 0 Å². The van der Waals surface area contributed by atoms with Crippen LogP contribution in [-0.4, -0.2) is 0 Å². The molecular weight excluding hydrogens is 216 g/mol. The Morgan fingerprint density at radius 1 is 0.667 bits per heavy atom. The van der Waals surface area contributed by atoms with Gasteiger partial charge in [0.25, 0.3) is 0 Å². The first-order valence-electron chi connectivity index (χ1n) is 7.23. The molecule has 0 N–H and O–H groups in total. The van der Waals surface area contributed by atoms with E-state index in [1.807, 2.05) is 41.5 Å². The molecule has 0 radical (unpaired) electrons. The standard InChI is InChI=1S/C12H12.3C2H6/c1-9-7-10(2)12-6-4-3-5-11(12)8-9;3*1-2/h3-8H,1-2H3;3*1-2H3. The highest BCUT2D eigenvalue weighted by Gasteiger charge is 1.95. The summed E-state index contributed by atoms with van der Waals surface area (Å²) in [7, 11) is 0. The molecule has 0 saturated carbocycles. The van der Waals surface area contributed by atoms with Crippen LogP contribution in [0.15, 0.2) is 36.4 Å². The van der Waals surface area contributed by atoms with E-state index in [9.17, 15) is 0 Å². The van der Waals surface area contributed by atoms with E-state index in [1.165, 1.54) is 21.9 Å². The van der Waals surface area contributed by atoms with Gasteiger partial charge in [-0.2, -0.15) is 0 Å². The van der Waals surface area contributed by atoms with E-state index >= 15 is 0 Å². The van der Waals surface area contributed by atoms with Gasteiger partial charge >= 0.3 is 0 Å². The summed E-state index contributed by atoms with van der Waals surface area (Å²) in [5.41, 5.74) is 2.71. The lowest BCUT2D eigenvalue weighted by Gasteiger charge is -2.02. The molecule has 0 unspecified atom stereocenters. The molecule has 18 heavy (non-hydrogen) atoms. The number of fused-ring (bicyclic) bond motifs is 1. The second-order valence-electron chi connectivity index (χ2n) is 3.30. The van der Waals surface area contributed by atoms with Gasteiger partial charge in [-0.25, -0.2) is 0 Å². The van der Waals surface area contributed by atoms with Gasteiger partial charge < -0.3 is 0 Å². The predicted octanol–water partition coefficient (Wildman–Crippen LogP) is 6.54. The highest BCUT2D eigenvalue weighted by molar-refractivity contribution is 5.86. The predicted molar refractivity (Wildman–Crippen MR) is 87.5 cm³/mol. The molecule has 0 saturated heterocycles. The van der Waals surface area contributed by atoms with Gasteiger partial charge in [-0.05, 0) is 30.2 Å². The Balaban J connectivity index is 0. The van der Waals surface area contributed by atoms with Crippen LogP contribution in [0.5, 0.6) is 0 Å². The molecule has 0 atom stereocenters. The van der Waals surface area contributed by atoms with Crippen molar-refractivity contribution in [2.24, 2.45) is 0 Å². The number of aryl methyl sites for hydroxylation is 2. The van der Waals surface area contributed by atoms with Crippen molar-refractivity contribution >= 4 is 10.8 Å². The van der Waals surface area contributed by atoms with Gasteiger partial charge in [-0.15, -0.1) is 0 Å². The molecule has 0 aromatic heterocycles. The maximum atomic E-state index is 2.22. The van der Waals surface area contributed by atoms with Gasteiger partial charge in [-0.3, -0.25) is 0 Å². The largest absolute Gasteiger partial charge is 0.0683 e. The van der Waals surface area contributed by atoms with Crippen LogP contribution in [0.25, 0.3) is 10.8 Å². The third-order valence-electron chi connectivity index (χ3n) is 2.21. The highest BCUT2D eigenvalue weighted by atomic mass is 14.0. The second-order valence-corrected chi connectivity index (χ2v) is 3.30. The average molecular weight is 246 g/mol. The van der Waals surface area contributed by atoms with Gasteiger partial charge in [-0.1, -0.05) is 83.5 Å². The Morgan fingerprint density at radius 2 is 1.17 bits per heavy atom. The van der Waals surface area contributed by atoms with Crippen LogP contribution in [0, 0.1) is 13.8 Å². The number of benzene rings is 2. The summed E-state index contributed by atoms with van der Waals surface area (Å²) >= 11 is 0. The molecule has 2 aromatic carbocycles. The molecule has 0 bridgehead atoms. The summed E-state index contributed by atoms with van der Waals surface area (Å²) in [6.45, 7) is 16.3. The lowest BCUT2D eigenvalue weighted by Crippen LogP contribution is -1.80. The fourth-order valence-corrected chi connectivity index (χ4v) is 1.69. The molecule has 0 fully saturated rings. The zero-order valence-corrected chi connectivity index (χ0v) is 13.5. The molecule has 0 nitrogen and oxygen atoms in total. The minimum absolute atomic E-state index is 1.34. The normalized spacial score (nSPS) is 8.00. The number of hydrogen-bond acceptors (Lipinski definition) is 0. The van der Waals surface area contributed by atoms with Crippen LogP contribution in [-0.2, 0) is 0 Å². The molecule has 0 aliphatic heterocycles. The van der Waals surface area contributed by atoms with Crippen molar-refractivity contribution in [3.05, 3.63) is 47.5 Å². The fraction of sp³-hybridized carbons (Fsp3) is 0.444. The van der Waals surface area contributed by atoms with E-state index in [4.69, 9.17) is 0 Å². The lowest BCUT2D eigenvalue weighted by atomic mass is 10.0. The molecule has 0 amide bonds. The lowest BCUT2D eigenvalue weighted by molar-refractivity contribution is 1.43. The molecule has 0 spiro atoms. The van der Waals surface area contributed by atoms with Gasteiger partial charge in [0, 0.05) is 0 Å². The van der Waals surface area contributed by atoms with Crippen molar-refractivity contribution in [3.63, 3.8) is 0 Å². The van der Waals surface area contributed by atoms with Crippen molar-refractivity contribution in [1.82, 2.24) is 0 Å². The minimum Gasteiger partial charge on any atom is -0.0683 e. The van der Waals surface area contributed by atoms with Gasteiger partial charge in [0.1, 0.15) is 0 Å². The molecular formula is C18H30. The van der Waals surface area contributed by atoms with Crippen molar-refractivity contribution in [1.29, 1.82) is 0 Å². The van der Waals surface area contributed by atoms with Crippen molar-refractivity contribution in [2.45, 2.75) is 55.4 Å². The molecule has 0 heteroatoms. The van der Waals surface area contributed by atoms with Crippen molar-refractivity contribution in [2.75, 3.05) is 0 Å². The molecule has 0 heterocycles. The van der Waals surface area contributed by atoms with Crippen LogP contribution >= 0.6 is 0 Å². The van der Waals surface area contributed by atoms with Crippen molar-refractivity contribution in [3.8, 4) is 0 Å². The summed E-state index contributed by atoms with van der Waals surface area (Å²) in [6, 6.07) is 13.0. The monoisotopic (exact) mass is 246 g/mol. The smallest absolute Gasteiger partial charge is 0.0155 e. The zero-order chi connectivity index (χ0) is 14.6. The number of rotatable bonds is 0. The van der Waals surface area contributed by atoms with Crippen molar-refractivity contribution < 1.29 is 0 Å². The van der Waals surface area contributed by atoms with E-state index < -0.39 is 0 Å². The quantitative estimate of drug-likeness (QED) is 0.495. The summed E-state index contributed by atoms with van der Waals surface area (Å²) in [6.07, 6.45) is 0. The summed E-state index contributed by atoms with van der Waals surface area (Å²) < 4.78 is 0. The van der Waals surface area contributed by atoms with E-state index in [2.05, 4.69) is 50.2 Å². The fourth-order valence-electron chi connectivity index (χ4n) is 1.69. The molecule has 0 aliphatic rings. The Kier molecular flexibility index (Phi) is 12.9. The first-order chi connectivity index (χ1) is 8.77. The zero-order valence-electron chi connectivity index (χ0n) is 13.5. The maximum Gasteiger partial charge on any atom is -0.0155 e. The van der Waals surface area contributed by atoms with E-state index in [0.29, 0.717) is 0 Å². The van der Waals surface area contributed by atoms with E-state index in [1.54, 1.807) is 0 Å². The number of hydrogen-bond donors (Lipinski definition) is 0. The van der Waals surface area contributed by atoms with Crippen LogP contribution in [0.2, 0.25) is 0 Å². The Morgan fingerprint density at radius 3 is 1.72 bits per heavy atom. The first kappa shape index (κ1) is 19.0. The molecule has 2 aromatic rings. The second kappa shape index (κ2) is 12.2. The maximum absolute atomic E-state index is 2.22. The van der Waals surface area contributed by atoms with Gasteiger partial charge in [0.05, 0.1) is 0 Å². The third kappa shape index (κ3) is 5.86. The molecule has 2 rings (SSSR count). The van der Waals surface area contributed by atoms with Gasteiger partial charge in [0.2, 0.25) is 0 Å². The summed E-state index contributed by atoms with van der Waals surface area (Å²) in [5.74, 6) is 0. The summed E-state index contributed by atoms with van der Waals surface area (Å²) in [5, 5.41) is 2.71. The van der Waals surface area contributed by atoms with Crippen LogP contribution in [0.1, 0.15) is 52.7 Å². The minimum atomic E-state index is 1.34. The Labute approximate surface area is 114 Å². The van der Waals surface area contributed by atoms with Crippen LogP contribution in [0.4, 0.5) is 0 Å². The van der Waals surface area contributed by atoms with Crippen LogP contribution in [0.3, 0.4) is 0 Å². The first-order valence-corrected chi connectivity index (χ1v) is 7.23.